The van der Waals surface area contributed by atoms with Gasteiger partial charge in [0.2, 0.25) is 0 Å². The highest BCUT2D eigenvalue weighted by molar-refractivity contribution is 7.98. The van der Waals surface area contributed by atoms with Crippen LogP contribution in [0.25, 0.3) is 0 Å². The molecule has 148 valence electrons. The fraction of sp³-hybridized carbons (Fsp3) is 0.333. The van der Waals surface area contributed by atoms with Crippen molar-refractivity contribution in [3.8, 4) is 0 Å². The number of benzene rings is 2. The lowest BCUT2D eigenvalue weighted by atomic mass is 10.1. The molecule has 1 N–H and O–H groups in total. The van der Waals surface area contributed by atoms with Crippen LogP contribution in [-0.2, 0) is 16.1 Å². The SMILES string of the molecule is COC(=O)[C@@H]1C[C@@H](NC(=O)c2ccc(F)cc2)CN1Cc1ccc(SC)cc1. The van der Waals surface area contributed by atoms with E-state index in [2.05, 4.69) is 17.4 Å². The van der Waals surface area contributed by atoms with Crippen molar-refractivity contribution in [1.82, 2.24) is 10.2 Å². The van der Waals surface area contributed by atoms with Gasteiger partial charge in [0.05, 0.1) is 7.11 Å². The third-order valence-electron chi connectivity index (χ3n) is 4.86. The van der Waals surface area contributed by atoms with Crippen LogP contribution in [-0.4, -0.2) is 48.8 Å². The van der Waals surface area contributed by atoms with Crippen LogP contribution in [0.2, 0.25) is 0 Å². The van der Waals surface area contributed by atoms with Gasteiger partial charge in [0.25, 0.3) is 5.91 Å². The number of nitrogens with zero attached hydrogens (tertiary/aromatic N) is 1. The first-order valence-electron chi connectivity index (χ1n) is 9.01. The molecule has 2 aromatic rings. The lowest BCUT2D eigenvalue weighted by Gasteiger charge is -2.22. The van der Waals surface area contributed by atoms with Crippen molar-refractivity contribution in [2.24, 2.45) is 0 Å². The van der Waals surface area contributed by atoms with Gasteiger partial charge in [0.1, 0.15) is 11.9 Å². The number of carbonyl (C=O) groups excluding carboxylic acids is 2. The number of halogens is 1. The fourth-order valence-corrected chi connectivity index (χ4v) is 3.81. The number of amides is 1. The Morgan fingerprint density at radius 1 is 1.18 bits per heavy atom. The maximum Gasteiger partial charge on any atom is 0.323 e. The Kier molecular flexibility index (Phi) is 6.70. The van der Waals surface area contributed by atoms with Crippen LogP contribution >= 0.6 is 11.8 Å². The normalized spacial score (nSPS) is 19.4. The Labute approximate surface area is 168 Å². The number of esters is 1. The molecule has 3 rings (SSSR count). The number of thioether (sulfide) groups is 1. The van der Waals surface area contributed by atoms with E-state index in [1.54, 1.807) is 11.8 Å². The number of methoxy groups -OCH3 is 1. The number of carbonyl (C=O) groups is 2. The summed E-state index contributed by atoms with van der Waals surface area (Å²) in [6.07, 6.45) is 2.50. The standard InChI is InChI=1S/C21H23FN2O3S/c1-27-21(26)19-11-17(23-20(25)15-5-7-16(22)8-6-15)13-24(19)12-14-3-9-18(28-2)10-4-14/h3-10,17,19H,11-13H2,1-2H3,(H,23,25)/t17-,19+/m1/s1. The van der Waals surface area contributed by atoms with E-state index in [1.807, 2.05) is 23.3 Å². The van der Waals surface area contributed by atoms with Gasteiger partial charge in [-0.15, -0.1) is 11.8 Å². The summed E-state index contributed by atoms with van der Waals surface area (Å²) in [4.78, 5) is 27.9. The van der Waals surface area contributed by atoms with Gasteiger partial charge in [-0.25, -0.2) is 4.39 Å². The van der Waals surface area contributed by atoms with Crippen molar-refractivity contribution in [3.05, 3.63) is 65.5 Å². The Balaban J connectivity index is 1.68. The average Bonchev–Trinajstić information content (AvgIpc) is 3.10. The third kappa shape index (κ3) is 4.91. The summed E-state index contributed by atoms with van der Waals surface area (Å²) in [6, 6.07) is 13.0. The van der Waals surface area contributed by atoms with Crippen LogP contribution in [0.1, 0.15) is 22.3 Å². The molecule has 0 unspecified atom stereocenters. The summed E-state index contributed by atoms with van der Waals surface area (Å²) in [7, 11) is 1.37. The zero-order valence-corrected chi connectivity index (χ0v) is 16.7. The van der Waals surface area contributed by atoms with Crippen LogP contribution in [0.3, 0.4) is 0 Å². The molecule has 5 nitrogen and oxygen atoms in total. The van der Waals surface area contributed by atoms with Crippen LogP contribution < -0.4 is 5.32 Å². The molecule has 0 aromatic heterocycles. The molecular formula is C21H23FN2O3S. The molecule has 0 saturated carbocycles. The van der Waals surface area contributed by atoms with Crippen molar-refractivity contribution < 1.29 is 18.7 Å². The fourth-order valence-electron chi connectivity index (χ4n) is 3.40. The van der Waals surface area contributed by atoms with Crippen molar-refractivity contribution in [3.63, 3.8) is 0 Å². The maximum absolute atomic E-state index is 13.0. The Morgan fingerprint density at radius 2 is 1.86 bits per heavy atom. The summed E-state index contributed by atoms with van der Waals surface area (Å²) < 4.78 is 18.0. The first kappa shape index (κ1) is 20.4. The molecule has 0 spiro atoms. The Hall–Kier alpha value is -2.38. The topological polar surface area (TPSA) is 58.6 Å². The third-order valence-corrected chi connectivity index (χ3v) is 5.61. The highest BCUT2D eigenvalue weighted by atomic mass is 32.2. The molecule has 28 heavy (non-hydrogen) atoms. The summed E-state index contributed by atoms with van der Waals surface area (Å²) in [5, 5.41) is 2.94. The van der Waals surface area contributed by atoms with E-state index in [4.69, 9.17) is 4.74 Å². The van der Waals surface area contributed by atoms with Crippen molar-refractivity contribution in [2.75, 3.05) is 19.9 Å². The lowest BCUT2D eigenvalue weighted by Crippen LogP contribution is -2.37. The van der Waals surface area contributed by atoms with E-state index in [1.165, 1.54) is 36.3 Å². The van der Waals surface area contributed by atoms with Crippen molar-refractivity contribution in [2.45, 2.75) is 29.9 Å². The van der Waals surface area contributed by atoms with E-state index in [9.17, 15) is 14.0 Å². The molecule has 1 amide bonds. The van der Waals surface area contributed by atoms with Crippen LogP contribution in [0, 0.1) is 5.82 Å². The molecule has 0 bridgehead atoms. The minimum Gasteiger partial charge on any atom is -0.468 e. The van der Waals surface area contributed by atoms with Gasteiger partial charge in [-0.1, -0.05) is 12.1 Å². The molecule has 1 aliphatic heterocycles. The van der Waals surface area contributed by atoms with E-state index < -0.39 is 6.04 Å². The van der Waals surface area contributed by atoms with Gasteiger partial charge in [0.15, 0.2) is 0 Å². The molecule has 0 aliphatic carbocycles. The summed E-state index contributed by atoms with van der Waals surface area (Å²) in [5.74, 6) is -0.971. The van der Waals surface area contributed by atoms with Gasteiger partial charge in [-0.2, -0.15) is 0 Å². The van der Waals surface area contributed by atoms with Crippen LogP contribution in [0.15, 0.2) is 53.4 Å². The largest absolute Gasteiger partial charge is 0.468 e. The number of hydrogen-bond acceptors (Lipinski definition) is 5. The predicted molar refractivity (Wildman–Crippen MR) is 107 cm³/mol. The second-order valence-corrected chi connectivity index (χ2v) is 7.61. The first-order valence-corrected chi connectivity index (χ1v) is 10.2. The molecule has 2 atom stereocenters. The summed E-state index contributed by atoms with van der Waals surface area (Å²) >= 11 is 1.68. The number of hydrogen-bond donors (Lipinski definition) is 1. The van der Waals surface area contributed by atoms with E-state index >= 15 is 0 Å². The molecule has 0 radical (unpaired) electrons. The molecule has 1 saturated heterocycles. The monoisotopic (exact) mass is 402 g/mol. The van der Waals surface area contributed by atoms with Gasteiger partial charge < -0.3 is 10.1 Å². The highest BCUT2D eigenvalue weighted by Crippen LogP contribution is 2.23. The molecule has 2 aromatic carbocycles. The smallest absolute Gasteiger partial charge is 0.323 e. The minimum atomic E-state index is -0.413. The predicted octanol–water partition coefficient (Wildman–Crippen LogP) is 3.09. The Morgan fingerprint density at radius 3 is 2.46 bits per heavy atom. The summed E-state index contributed by atoms with van der Waals surface area (Å²) in [5.41, 5.74) is 1.49. The van der Waals surface area contributed by atoms with Gasteiger partial charge in [-0.3, -0.25) is 14.5 Å². The van der Waals surface area contributed by atoms with E-state index in [0.29, 0.717) is 25.1 Å². The van der Waals surface area contributed by atoms with Gasteiger partial charge in [-0.05, 0) is 54.6 Å². The number of ether oxygens (including phenoxy) is 1. The Bertz CT molecular complexity index is 827. The van der Waals surface area contributed by atoms with E-state index in [-0.39, 0.29) is 23.7 Å². The quantitative estimate of drug-likeness (QED) is 0.594. The molecule has 1 fully saturated rings. The molecular weight excluding hydrogens is 379 g/mol. The zero-order chi connectivity index (χ0) is 20.1. The average molecular weight is 402 g/mol. The number of nitrogens with one attached hydrogen (secondary N) is 1. The second-order valence-electron chi connectivity index (χ2n) is 6.73. The van der Waals surface area contributed by atoms with Crippen LogP contribution in [0.5, 0.6) is 0 Å². The lowest BCUT2D eigenvalue weighted by molar-refractivity contribution is -0.146. The van der Waals surface area contributed by atoms with Crippen molar-refractivity contribution >= 4 is 23.6 Å². The molecule has 7 heteroatoms. The summed E-state index contributed by atoms with van der Waals surface area (Å²) in [6.45, 7) is 1.13. The first-order chi connectivity index (χ1) is 13.5. The van der Waals surface area contributed by atoms with Crippen molar-refractivity contribution in [1.29, 1.82) is 0 Å². The number of likely N-dealkylation sites (tertiary alicyclic amines) is 1. The molecule has 1 aliphatic rings. The van der Waals surface area contributed by atoms with Gasteiger partial charge >= 0.3 is 5.97 Å². The minimum absolute atomic E-state index is 0.188. The van der Waals surface area contributed by atoms with Gasteiger partial charge in [0, 0.05) is 29.6 Å². The van der Waals surface area contributed by atoms with E-state index in [0.717, 1.165) is 5.56 Å². The van der Waals surface area contributed by atoms with Crippen LogP contribution in [0.4, 0.5) is 4.39 Å². The second kappa shape index (κ2) is 9.21. The highest BCUT2D eigenvalue weighted by Gasteiger charge is 2.38. The number of rotatable bonds is 6. The maximum atomic E-state index is 13.0. The molecule has 1 heterocycles. The zero-order valence-electron chi connectivity index (χ0n) is 15.9.